The van der Waals surface area contributed by atoms with Gasteiger partial charge in [0.25, 0.3) is 17.5 Å². The highest BCUT2D eigenvalue weighted by Gasteiger charge is 2.40. The number of carbonyl (C=O) groups is 3. The normalized spacial score (nSPS) is 13.1. The number of nitro benzene ring substituents is 1. The molecule has 1 aliphatic rings. The van der Waals surface area contributed by atoms with E-state index in [-0.39, 0.29) is 28.6 Å². The van der Waals surface area contributed by atoms with Crippen molar-refractivity contribution in [2.45, 2.75) is 57.8 Å². The first-order chi connectivity index (χ1) is 12.9. The van der Waals surface area contributed by atoms with Gasteiger partial charge in [-0.1, -0.05) is 44.6 Å². The number of amides is 2. The average Bonchev–Trinajstić information content (AvgIpc) is 2.87. The summed E-state index contributed by atoms with van der Waals surface area (Å²) in [5.74, 6) is -1.02. The highest BCUT2D eigenvalue weighted by atomic mass is 35.5. The molecule has 2 amide bonds. The minimum atomic E-state index is -0.628. The van der Waals surface area contributed by atoms with Crippen molar-refractivity contribution in [2.75, 3.05) is 6.54 Å². The van der Waals surface area contributed by atoms with Crippen LogP contribution >= 0.6 is 11.6 Å². The number of carbonyl (C=O) groups excluding carboxylic acids is 3. The summed E-state index contributed by atoms with van der Waals surface area (Å²) in [5.41, 5.74) is -0.295. The van der Waals surface area contributed by atoms with E-state index in [0.717, 1.165) is 49.8 Å². The summed E-state index contributed by atoms with van der Waals surface area (Å²) in [6, 6.07) is 4.13. The van der Waals surface area contributed by atoms with Crippen molar-refractivity contribution < 1.29 is 19.3 Å². The Balaban J connectivity index is 1.69. The molecular weight excluding hydrogens is 372 g/mol. The van der Waals surface area contributed by atoms with Crippen molar-refractivity contribution in [2.24, 2.45) is 0 Å². The van der Waals surface area contributed by atoms with Gasteiger partial charge in [0.1, 0.15) is 5.56 Å². The van der Waals surface area contributed by atoms with E-state index < -0.39 is 16.7 Å². The number of unbranched alkanes of at least 4 members (excludes halogenated alkanes) is 7. The molecule has 146 valence electrons. The lowest BCUT2D eigenvalue weighted by atomic mass is 10.1. The smallest absolute Gasteiger partial charge is 0.281 e. The zero-order chi connectivity index (χ0) is 19.8. The Hall–Kier alpha value is -2.28. The third kappa shape index (κ3) is 5.60. The van der Waals surface area contributed by atoms with Crippen LogP contribution in [0.2, 0.25) is 0 Å². The van der Waals surface area contributed by atoms with E-state index in [4.69, 9.17) is 11.6 Å². The average molecular weight is 395 g/mol. The molecule has 0 aromatic heterocycles. The molecule has 0 unspecified atom stereocenters. The lowest BCUT2D eigenvalue weighted by Crippen LogP contribution is -2.30. The summed E-state index contributed by atoms with van der Waals surface area (Å²) in [5, 5.41) is 10.8. The first-order valence-electron chi connectivity index (χ1n) is 9.25. The van der Waals surface area contributed by atoms with Gasteiger partial charge in [-0.05, 0) is 30.5 Å². The maximum atomic E-state index is 12.4. The molecule has 0 saturated carbocycles. The maximum Gasteiger partial charge on any atom is 0.282 e. The van der Waals surface area contributed by atoms with Crippen LogP contribution in [-0.4, -0.2) is 33.4 Å². The topological polar surface area (TPSA) is 97.6 Å². The second-order valence-corrected chi connectivity index (χ2v) is 7.07. The van der Waals surface area contributed by atoms with E-state index in [2.05, 4.69) is 0 Å². The second-order valence-electron chi connectivity index (χ2n) is 6.65. The van der Waals surface area contributed by atoms with Crippen LogP contribution in [0, 0.1) is 10.1 Å². The number of benzene rings is 1. The van der Waals surface area contributed by atoms with Gasteiger partial charge in [-0.15, -0.1) is 0 Å². The molecule has 0 saturated heterocycles. The lowest BCUT2D eigenvalue weighted by molar-refractivity contribution is -0.385. The van der Waals surface area contributed by atoms with Crippen molar-refractivity contribution in [1.82, 2.24) is 4.90 Å². The Morgan fingerprint density at radius 1 is 0.963 bits per heavy atom. The molecule has 1 aliphatic heterocycles. The van der Waals surface area contributed by atoms with Crippen molar-refractivity contribution in [1.29, 1.82) is 0 Å². The molecule has 0 radical (unpaired) electrons. The fourth-order valence-corrected chi connectivity index (χ4v) is 3.40. The molecule has 1 aromatic carbocycles. The number of halogens is 1. The maximum absolute atomic E-state index is 12.4. The molecule has 0 bridgehead atoms. The van der Waals surface area contributed by atoms with Crippen molar-refractivity contribution in [3.05, 3.63) is 39.4 Å². The predicted octanol–water partition coefficient (Wildman–Crippen LogP) is 4.47. The van der Waals surface area contributed by atoms with Gasteiger partial charge in [0.2, 0.25) is 5.24 Å². The Bertz CT molecular complexity index is 735. The Labute approximate surface area is 162 Å². The molecule has 0 fully saturated rings. The molecular formula is C19H23ClN2O5. The summed E-state index contributed by atoms with van der Waals surface area (Å²) in [4.78, 5) is 46.9. The lowest BCUT2D eigenvalue weighted by Gasteiger charge is -2.13. The van der Waals surface area contributed by atoms with Crippen LogP contribution in [0.25, 0.3) is 0 Å². The van der Waals surface area contributed by atoms with Crippen LogP contribution in [0.3, 0.4) is 0 Å². The van der Waals surface area contributed by atoms with E-state index in [1.807, 2.05) is 0 Å². The molecule has 1 heterocycles. The highest BCUT2D eigenvalue weighted by Crippen LogP contribution is 2.30. The van der Waals surface area contributed by atoms with E-state index in [1.165, 1.54) is 18.2 Å². The summed E-state index contributed by atoms with van der Waals surface area (Å²) in [6.07, 6.45) is 8.01. The number of hydrogen-bond donors (Lipinski definition) is 0. The Kier molecular flexibility index (Phi) is 7.91. The molecule has 0 atom stereocenters. The molecule has 0 spiro atoms. The van der Waals surface area contributed by atoms with Gasteiger partial charge in [-0.25, -0.2) is 0 Å². The summed E-state index contributed by atoms with van der Waals surface area (Å²) < 4.78 is 0. The Morgan fingerprint density at radius 3 is 2.15 bits per heavy atom. The fourth-order valence-electron chi connectivity index (χ4n) is 3.27. The van der Waals surface area contributed by atoms with Gasteiger partial charge in [0.05, 0.1) is 10.5 Å². The SMILES string of the molecule is O=C(Cl)CCCCCCCCCCN1C(=O)c2cccc([N+](=O)[O-])c2C1=O. The van der Waals surface area contributed by atoms with E-state index >= 15 is 0 Å². The number of rotatable bonds is 12. The van der Waals surface area contributed by atoms with E-state index in [1.54, 1.807) is 0 Å². The molecule has 27 heavy (non-hydrogen) atoms. The van der Waals surface area contributed by atoms with Gasteiger partial charge in [-0.2, -0.15) is 0 Å². The third-order valence-electron chi connectivity index (χ3n) is 4.68. The van der Waals surface area contributed by atoms with Crippen molar-refractivity contribution in [3.8, 4) is 0 Å². The van der Waals surface area contributed by atoms with Crippen LogP contribution in [0.1, 0.15) is 78.5 Å². The zero-order valence-corrected chi connectivity index (χ0v) is 15.9. The first kappa shape index (κ1) is 21.0. The quantitative estimate of drug-likeness (QED) is 0.171. The standard InChI is InChI=1S/C19H23ClN2O5/c20-16(23)12-7-5-3-1-2-4-6-8-13-21-18(24)14-10-9-11-15(22(26)27)17(14)19(21)25/h9-11H,1-8,12-13H2. The molecule has 1 aromatic rings. The van der Waals surface area contributed by atoms with Gasteiger partial charge in [-0.3, -0.25) is 29.4 Å². The van der Waals surface area contributed by atoms with Gasteiger partial charge in [0, 0.05) is 19.0 Å². The van der Waals surface area contributed by atoms with E-state index in [9.17, 15) is 24.5 Å². The number of hydrogen-bond acceptors (Lipinski definition) is 5. The second kappa shape index (κ2) is 10.2. The number of imide groups is 1. The molecule has 2 rings (SSSR count). The van der Waals surface area contributed by atoms with Crippen LogP contribution in [-0.2, 0) is 4.79 Å². The number of nitrogens with zero attached hydrogens (tertiary/aromatic N) is 2. The molecule has 0 aliphatic carbocycles. The Morgan fingerprint density at radius 2 is 1.56 bits per heavy atom. The third-order valence-corrected chi connectivity index (χ3v) is 4.87. The monoisotopic (exact) mass is 394 g/mol. The minimum Gasteiger partial charge on any atom is -0.281 e. The zero-order valence-electron chi connectivity index (χ0n) is 15.1. The minimum absolute atomic E-state index is 0.0945. The highest BCUT2D eigenvalue weighted by molar-refractivity contribution is 6.63. The number of nitro groups is 1. The van der Waals surface area contributed by atoms with Gasteiger partial charge >= 0.3 is 0 Å². The fraction of sp³-hybridized carbons (Fsp3) is 0.526. The first-order valence-corrected chi connectivity index (χ1v) is 9.63. The largest absolute Gasteiger partial charge is 0.282 e. The van der Waals surface area contributed by atoms with Gasteiger partial charge in [0.15, 0.2) is 0 Å². The predicted molar refractivity (Wildman–Crippen MR) is 101 cm³/mol. The molecule has 7 nitrogen and oxygen atoms in total. The summed E-state index contributed by atoms with van der Waals surface area (Å²) in [7, 11) is 0. The van der Waals surface area contributed by atoms with Crippen LogP contribution in [0.4, 0.5) is 5.69 Å². The van der Waals surface area contributed by atoms with Crippen LogP contribution < -0.4 is 0 Å². The summed E-state index contributed by atoms with van der Waals surface area (Å²) >= 11 is 5.28. The van der Waals surface area contributed by atoms with Gasteiger partial charge < -0.3 is 0 Å². The number of fused-ring (bicyclic) bond motifs is 1. The molecule has 8 heteroatoms. The van der Waals surface area contributed by atoms with Crippen molar-refractivity contribution >= 4 is 34.3 Å². The van der Waals surface area contributed by atoms with Crippen LogP contribution in [0.15, 0.2) is 18.2 Å². The van der Waals surface area contributed by atoms with Crippen LogP contribution in [0.5, 0.6) is 0 Å². The van der Waals surface area contributed by atoms with E-state index in [0.29, 0.717) is 12.8 Å². The van der Waals surface area contributed by atoms with Crippen molar-refractivity contribution in [3.63, 3.8) is 0 Å². The molecule has 0 N–H and O–H groups in total. The summed E-state index contributed by atoms with van der Waals surface area (Å²) in [6.45, 7) is 0.279.